The summed E-state index contributed by atoms with van der Waals surface area (Å²) in [5.41, 5.74) is 8.95. The highest BCUT2D eigenvalue weighted by Gasteiger charge is 2.39. The number of carbonyl (C=O) groups is 3. The lowest BCUT2D eigenvalue weighted by molar-refractivity contribution is -0.450. The lowest BCUT2D eigenvalue weighted by atomic mass is 9.76. The molecule has 0 aliphatic heterocycles. The molecular formula is C88H122N4O4. The molecule has 2 amide bonds. The summed E-state index contributed by atoms with van der Waals surface area (Å²) in [5, 5.41) is 22.1. The highest BCUT2D eigenvalue weighted by molar-refractivity contribution is 6.40. The lowest BCUT2D eigenvalue weighted by Crippen LogP contribution is -2.39. The molecule has 0 spiro atoms. The van der Waals surface area contributed by atoms with Gasteiger partial charge in [-0.1, -0.05) is 250 Å². The van der Waals surface area contributed by atoms with Gasteiger partial charge in [0.25, 0.3) is 0 Å². The molecule has 0 heterocycles. The fraction of sp³-hybridized carbons (Fsp3) is 0.523. The summed E-state index contributed by atoms with van der Waals surface area (Å²) in [6.45, 7) is 50.8. The molecule has 6 unspecified atom stereocenters. The summed E-state index contributed by atoms with van der Waals surface area (Å²) in [4.78, 5) is 47.1. The minimum absolute atomic E-state index is 0.0103. The van der Waals surface area contributed by atoms with Crippen molar-refractivity contribution in [1.29, 1.82) is 0 Å². The maximum absolute atomic E-state index is 15.5. The van der Waals surface area contributed by atoms with Gasteiger partial charge in [0.15, 0.2) is 12.3 Å². The standard InChI is InChI=1S/C88H122N4O4/c1-23-87(19,20)81(95)89-75-51-71(91(69-43-39-65(40-44-69)63-31-27-25-28-32-63)57-67(61(5)55-85(13,14)15)37-35-59(3)53-83(7,8)9)47-49-73(75)77-79(93)78(80(77)94)74-50-48-72(52-76(74)90-82(96)88(21,22)24-2)92(70-45-41-66(42-46-70)64-33-29-26-30-34-64)58-68(62(6)56-86(16,17)18)38-36-60(4)54-84(10,11)12/h25-34,39-52,59-62,67-68H,23-24,35-38,53-58H2,1-22H3,(H2,89,90,93,94,95,96). The van der Waals surface area contributed by atoms with Gasteiger partial charge in [0, 0.05) is 81.2 Å². The van der Waals surface area contributed by atoms with Gasteiger partial charge >= 0.3 is 0 Å². The van der Waals surface area contributed by atoms with Crippen molar-refractivity contribution in [2.24, 2.45) is 68.0 Å². The van der Waals surface area contributed by atoms with Crippen LogP contribution in [0.4, 0.5) is 22.7 Å². The topological polar surface area (TPSA) is 105 Å². The van der Waals surface area contributed by atoms with Gasteiger partial charge in [-0.05, 0) is 167 Å². The second-order valence-electron chi connectivity index (χ2n) is 35.2. The zero-order valence-electron chi connectivity index (χ0n) is 63.3. The van der Waals surface area contributed by atoms with Crippen molar-refractivity contribution in [1.82, 2.24) is 5.32 Å². The van der Waals surface area contributed by atoms with Crippen LogP contribution in [0, 0.1) is 68.0 Å². The largest absolute Gasteiger partial charge is 0.871 e. The van der Waals surface area contributed by atoms with Gasteiger partial charge in [-0.15, -0.1) is 0 Å². The van der Waals surface area contributed by atoms with Crippen molar-refractivity contribution in [3.63, 3.8) is 0 Å². The van der Waals surface area contributed by atoms with E-state index in [0.717, 1.165) is 96.4 Å². The number of nitrogens with zero attached hydrogens (tertiary/aromatic N) is 2. The van der Waals surface area contributed by atoms with Gasteiger partial charge in [-0.2, -0.15) is 4.58 Å². The number of carbonyl (C=O) groups excluding carboxylic acids is 3. The van der Waals surface area contributed by atoms with E-state index >= 15 is 9.90 Å². The molecule has 0 saturated carbocycles. The molecule has 8 heteroatoms. The molecule has 6 atom stereocenters. The first kappa shape index (κ1) is 76.3. The Morgan fingerprint density at radius 2 is 0.938 bits per heavy atom. The van der Waals surface area contributed by atoms with E-state index in [0.29, 0.717) is 84.0 Å². The molecule has 5 aromatic carbocycles. The molecule has 0 aromatic heterocycles. The van der Waals surface area contributed by atoms with Crippen LogP contribution in [0.3, 0.4) is 0 Å². The summed E-state index contributed by atoms with van der Waals surface area (Å²) in [5.74, 6) is 1.21. The molecule has 5 aromatic rings. The molecule has 0 fully saturated rings. The van der Waals surface area contributed by atoms with Crippen LogP contribution in [-0.4, -0.2) is 41.0 Å². The van der Waals surface area contributed by atoms with E-state index in [-0.39, 0.29) is 44.6 Å². The third-order valence-electron chi connectivity index (χ3n) is 20.4. The van der Waals surface area contributed by atoms with Gasteiger partial charge in [-0.3, -0.25) is 14.4 Å². The Morgan fingerprint density at radius 1 is 0.500 bits per heavy atom. The Balaban J connectivity index is 1.42. The van der Waals surface area contributed by atoms with Crippen LogP contribution in [0.15, 0.2) is 168 Å². The Kier molecular flexibility index (Phi) is 25.2. The van der Waals surface area contributed by atoms with Crippen LogP contribution in [0.25, 0.3) is 27.8 Å². The number of rotatable bonds is 28. The summed E-state index contributed by atoms with van der Waals surface area (Å²) in [6.07, 6.45) is 15.7. The van der Waals surface area contributed by atoms with Crippen LogP contribution < -0.4 is 20.6 Å². The quantitative estimate of drug-likeness (QED) is 0.0383. The molecule has 0 radical (unpaired) electrons. The zero-order chi connectivity index (χ0) is 70.9. The minimum atomic E-state index is -0.763. The number of nitrogens with one attached hydrogen (secondary N) is 2. The molecule has 2 aliphatic carbocycles. The van der Waals surface area contributed by atoms with Crippen molar-refractivity contribution in [3.05, 3.63) is 174 Å². The van der Waals surface area contributed by atoms with Crippen molar-refractivity contribution in [2.45, 2.75) is 217 Å². The fourth-order valence-electron chi connectivity index (χ4n) is 14.6. The molecule has 2 N–H and O–H groups in total. The number of hydrogen-bond acceptors (Lipinski definition) is 5. The summed E-state index contributed by atoms with van der Waals surface area (Å²) in [6, 6.07) is 44.3. The van der Waals surface area contributed by atoms with Crippen molar-refractivity contribution in [3.8, 4) is 22.3 Å². The van der Waals surface area contributed by atoms with Crippen LogP contribution >= 0.6 is 0 Å². The third kappa shape index (κ3) is 21.0. The zero-order valence-corrected chi connectivity index (χ0v) is 63.3. The number of benzene rings is 5. The summed E-state index contributed by atoms with van der Waals surface area (Å²) < 4.78 is 2.39. The summed E-state index contributed by atoms with van der Waals surface area (Å²) in [7, 11) is 0. The number of ketones is 1. The molecule has 7 rings (SSSR count). The number of amides is 2. The Hall–Kier alpha value is -7.06. The van der Waals surface area contributed by atoms with Crippen molar-refractivity contribution in [2.75, 3.05) is 23.3 Å². The molecule has 8 nitrogen and oxygen atoms in total. The van der Waals surface area contributed by atoms with Crippen molar-refractivity contribution < 1.29 is 24.1 Å². The fourth-order valence-corrected chi connectivity index (χ4v) is 14.6. The average molecular weight is 1300 g/mol. The van der Waals surface area contributed by atoms with E-state index < -0.39 is 22.4 Å². The number of hydrogen-bond donors (Lipinski definition) is 2. The Labute approximate surface area is 581 Å². The van der Waals surface area contributed by atoms with Gasteiger partial charge in [0.2, 0.25) is 23.2 Å². The monoisotopic (exact) mass is 1300 g/mol. The first-order chi connectivity index (χ1) is 44.8. The molecule has 0 bridgehead atoms. The highest BCUT2D eigenvalue weighted by atomic mass is 16.3. The molecule has 0 saturated heterocycles. The maximum Gasteiger partial charge on any atom is 0.230 e. The molecule has 518 valence electrons. The van der Waals surface area contributed by atoms with E-state index in [4.69, 9.17) is 0 Å². The Morgan fingerprint density at radius 3 is 1.41 bits per heavy atom. The first-order valence-electron chi connectivity index (χ1n) is 36.4. The second-order valence-corrected chi connectivity index (χ2v) is 35.2. The average Bonchev–Trinajstić information content (AvgIpc) is 0.732. The van der Waals surface area contributed by atoms with Gasteiger partial charge in [-0.25, -0.2) is 0 Å². The second kappa shape index (κ2) is 31.6. The molecule has 2 aliphatic rings. The van der Waals surface area contributed by atoms with Crippen LogP contribution in [-0.2, 0) is 14.4 Å². The highest BCUT2D eigenvalue weighted by Crippen LogP contribution is 2.46. The molecular weight excluding hydrogens is 1180 g/mol. The third-order valence-corrected chi connectivity index (χ3v) is 20.4. The van der Waals surface area contributed by atoms with E-state index in [1.807, 2.05) is 90.1 Å². The van der Waals surface area contributed by atoms with E-state index in [1.54, 1.807) is 0 Å². The maximum atomic E-state index is 15.5. The van der Waals surface area contributed by atoms with Crippen LogP contribution in [0.5, 0.6) is 0 Å². The Bertz CT molecular complexity index is 3620. The van der Waals surface area contributed by atoms with Gasteiger partial charge in [0.05, 0.1) is 11.4 Å². The van der Waals surface area contributed by atoms with Crippen LogP contribution in [0.1, 0.15) is 222 Å². The summed E-state index contributed by atoms with van der Waals surface area (Å²) >= 11 is 0. The normalized spacial score (nSPS) is 17.4. The first-order valence-corrected chi connectivity index (χ1v) is 36.4. The predicted molar refractivity (Wildman–Crippen MR) is 406 cm³/mol. The van der Waals surface area contributed by atoms with Gasteiger partial charge < -0.3 is 20.6 Å². The van der Waals surface area contributed by atoms with E-state index in [9.17, 15) is 9.59 Å². The number of anilines is 3. The minimum Gasteiger partial charge on any atom is -0.871 e. The number of allylic oxidation sites excluding steroid dienone is 5. The lowest BCUT2D eigenvalue weighted by Gasteiger charge is -2.37. The van der Waals surface area contributed by atoms with E-state index in [2.05, 4.69) is 228 Å². The van der Waals surface area contributed by atoms with Gasteiger partial charge in [0.1, 0.15) is 0 Å². The predicted octanol–water partition coefficient (Wildman–Crippen LogP) is 22.4. The molecule has 96 heavy (non-hydrogen) atoms. The van der Waals surface area contributed by atoms with E-state index in [1.165, 1.54) is 0 Å². The SMILES string of the molecule is CCC(C)(C)C(=O)NC1=CC(=[N+](CC(CCC(C)CC(C)(C)C)C(C)CC(C)(C)C)c2ccc(-c3ccccc3)cc2)C=C/C1=C1\C(=O)C(c2ccc(N(CC(CCC(C)CC(C)(C)C)C(C)CC(C)(C)C)c3ccc(-c4ccccc4)cc3)cc2NC(=O)C(C)(C)CC)=C1[O-]. The number of Topliss-reactive ketones (excluding diaryl/α,β-unsaturated/α-hetero) is 1. The van der Waals surface area contributed by atoms with Crippen LogP contribution in [0.2, 0.25) is 0 Å². The smallest absolute Gasteiger partial charge is 0.230 e. The van der Waals surface area contributed by atoms with Crippen molar-refractivity contribution >= 4 is 51.6 Å².